The van der Waals surface area contributed by atoms with E-state index >= 15 is 0 Å². The Morgan fingerprint density at radius 2 is 1.95 bits per heavy atom. The van der Waals surface area contributed by atoms with Crippen molar-refractivity contribution in [2.45, 2.75) is 52.0 Å². The number of nitrogens with zero attached hydrogens (tertiary/aromatic N) is 1. The number of nitrogens with one attached hydrogen (secondary N) is 1. The summed E-state index contributed by atoms with van der Waals surface area (Å²) in [5, 5.41) is 2.71. The summed E-state index contributed by atoms with van der Waals surface area (Å²) in [6.45, 7) is 6.87. The van der Waals surface area contributed by atoms with Gasteiger partial charge in [0.15, 0.2) is 0 Å². The lowest BCUT2D eigenvalue weighted by Crippen LogP contribution is -2.40. The molecule has 21 heavy (non-hydrogen) atoms. The van der Waals surface area contributed by atoms with Crippen molar-refractivity contribution in [1.82, 2.24) is 10.2 Å². The van der Waals surface area contributed by atoms with Crippen molar-refractivity contribution in [2.75, 3.05) is 20.1 Å². The van der Waals surface area contributed by atoms with Crippen molar-refractivity contribution in [2.24, 2.45) is 0 Å². The van der Waals surface area contributed by atoms with Gasteiger partial charge in [0.1, 0.15) is 0 Å². The predicted octanol–water partition coefficient (Wildman–Crippen LogP) is 3.03. The molecule has 0 aliphatic heterocycles. The number of carbonyl (C=O) groups is 1. The second-order valence-electron chi connectivity index (χ2n) is 6.00. The first-order valence-corrected chi connectivity index (χ1v) is 8.27. The van der Waals surface area contributed by atoms with Gasteiger partial charge in [-0.15, -0.1) is 0 Å². The minimum atomic E-state index is 0.0129. The number of benzene rings is 1. The van der Waals surface area contributed by atoms with Crippen LogP contribution in [0.4, 0.5) is 0 Å². The first-order valence-electron chi connectivity index (χ1n) is 8.27. The summed E-state index contributed by atoms with van der Waals surface area (Å²) in [5.41, 5.74) is 3.57. The molecule has 1 aromatic rings. The molecule has 1 unspecified atom stereocenters. The molecule has 0 saturated heterocycles. The molecule has 2 rings (SSSR count). The summed E-state index contributed by atoms with van der Waals surface area (Å²) in [4.78, 5) is 14.4. The van der Waals surface area contributed by atoms with E-state index in [1.54, 1.807) is 7.05 Å². The maximum Gasteiger partial charge on any atom is 0.251 e. The highest BCUT2D eigenvalue weighted by Gasteiger charge is 2.24. The van der Waals surface area contributed by atoms with Gasteiger partial charge in [0.25, 0.3) is 5.91 Å². The third kappa shape index (κ3) is 3.85. The van der Waals surface area contributed by atoms with Crippen LogP contribution in [0.2, 0.25) is 0 Å². The second kappa shape index (κ2) is 7.60. The monoisotopic (exact) mass is 288 g/mol. The van der Waals surface area contributed by atoms with Crippen molar-refractivity contribution in [3.63, 3.8) is 0 Å². The highest BCUT2D eigenvalue weighted by atomic mass is 16.1. The number of carbonyl (C=O) groups excluding carboxylic acids is 1. The fraction of sp³-hybridized carbons (Fsp3) is 0.611. The maximum atomic E-state index is 11.8. The van der Waals surface area contributed by atoms with E-state index in [1.165, 1.54) is 43.5 Å². The SMILES string of the molecule is CCCN(CCC)C1CCc2ccc(C(=O)NC)cc2C1. The standard InChI is InChI=1S/C18H28N2O/c1-4-10-20(11-5-2)17-9-8-14-6-7-15(18(21)19-3)12-16(14)13-17/h6-7,12,17H,4-5,8-11,13H2,1-3H3,(H,19,21). The predicted molar refractivity (Wildman–Crippen MR) is 87.8 cm³/mol. The first kappa shape index (κ1) is 16.0. The molecule has 1 aromatic carbocycles. The molecule has 0 aromatic heterocycles. The molecule has 1 atom stereocenters. The Morgan fingerprint density at radius 1 is 1.24 bits per heavy atom. The number of rotatable bonds is 6. The number of fused-ring (bicyclic) bond motifs is 1. The largest absolute Gasteiger partial charge is 0.355 e. The Balaban J connectivity index is 2.15. The fourth-order valence-corrected chi connectivity index (χ4v) is 3.39. The average molecular weight is 288 g/mol. The lowest BCUT2D eigenvalue weighted by molar-refractivity contribution is 0.0963. The molecule has 3 heteroatoms. The first-order chi connectivity index (χ1) is 10.2. The Labute approximate surface area is 128 Å². The van der Waals surface area contributed by atoms with Crippen molar-refractivity contribution in [3.8, 4) is 0 Å². The van der Waals surface area contributed by atoms with Crippen LogP contribution in [0.5, 0.6) is 0 Å². The topological polar surface area (TPSA) is 32.3 Å². The van der Waals surface area contributed by atoms with Crippen molar-refractivity contribution >= 4 is 5.91 Å². The number of aryl methyl sites for hydroxylation is 1. The highest BCUT2D eigenvalue weighted by Crippen LogP contribution is 2.26. The van der Waals surface area contributed by atoms with Crippen LogP contribution in [-0.4, -0.2) is 37.0 Å². The van der Waals surface area contributed by atoms with E-state index in [2.05, 4.69) is 36.2 Å². The Kier molecular flexibility index (Phi) is 5.80. The summed E-state index contributed by atoms with van der Waals surface area (Å²) in [5.74, 6) is 0.0129. The third-order valence-electron chi connectivity index (χ3n) is 4.44. The lowest BCUT2D eigenvalue weighted by atomic mass is 9.86. The molecule has 0 spiro atoms. The normalized spacial score (nSPS) is 17.6. The zero-order valence-corrected chi connectivity index (χ0v) is 13.6. The Bertz CT molecular complexity index is 478. The molecule has 0 heterocycles. The smallest absolute Gasteiger partial charge is 0.251 e. The quantitative estimate of drug-likeness (QED) is 0.872. The zero-order valence-electron chi connectivity index (χ0n) is 13.6. The molecule has 0 bridgehead atoms. The average Bonchev–Trinajstić information content (AvgIpc) is 2.52. The molecule has 1 aliphatic carbocycles. The van der Waals surface area contributed by atoms with Gasteiger partial charge in [-0.2, -0.15) is 0 Å². The summed E-state index contributed by atoms with van der Waals surface area (Å²) in [6, 6.07) is 6.82. The lowest BCUT2D eigenvalue weighted by Gasteiger charge is -2.35. The van der Waals surface area contributed by atoms with Gasteiger partial charge in [-0.3, -0.25) is 4.79 Å². The molecule has 0 fully saturated rings. The van der Waals surface area contributed by atoms with E-state index in [0.29, 0.717) is 6.04 Å². The van der Waals surface area contributed by atoms with Crippen LogP contribution in [0, 0.1) is 0 Å². The van der Waals surface area contributed by atoms with E-state index < -0.39 is 0 Å². The molecule has 1 aliphatic rings. The van der Waals surface area contributed by atoms with Gasteiger partial charge < -0.3 is 10.2 Å². The van der Waals surface area contributed by atoms with Crippen LogP contribution in [0.15, 0.2) is 18.2 Å². The number of amides is 1. The molecule has 0 saturated carbocycles. The van der Waals surface area contributed by atoms with Gasteiger partial charge in [0, 0.05) is 18.7 Å². The van der Waals surface area contributed by atoms with Gasteiger partial charge in [0.2, 0.25) is 0 Å². The van der Waals surface area contributed by atoms with E-state index in [1.807, 2.05) is 6.07 Å². The van der Waals surface area contributed by atoms with Crippen LogP contribution in [0.1, 0.15) is 54.6 Å². The zero-order chi connectivity index (χ0) is 15.2. The molecule has 0 radical (unpaired) electrons. The van der Waals surface area contributed by atoms with Crippen molar-refractivity contribution < 1.29 is 4.79 Å². The van der Waals surface area contributed by atoms with Gasteiger partial charge in [-0.25, -0.2) is 0 Å². The number of hydrogen-bond donors (Lipinski definition) is 1. The summed E-state index contributed by atoms with van der Waals surface area (Å²) in [7, 11) is 1.69. The number of hydrogen-bond acceptors (Lipinski definition) is 2. The maximum absolute atomic E-state index is 11.8. The van der Waals surface area contributed by atoms with Gasteiger partial charge in [0.05, 0.1) is 0 Å². The molecule has 3 nitrogen and oxygen atoms in total. The molecule has 116 valence electrons. The minimum Gasteiger partial charge on any atom is -0.355 e. The summed E-state index contributed by atoms with van der Waals surface area (Å²) in [6.07, 6.45) is 5.88. The summed E-state index contributed by atoms with van der Waals surface area (Å²) >= 11 is 0. The van der Waals surface area contributed by atoms with Crippen LogP contribution >= 0.6 is 0 Å². The third-order valence-corrected chi connectivity index (χ3v) is 4.44. The van der Waals surface area contributed by atoms with Crippen LogP contribution in [0.25, 0.3) is 0 Å². The van der Waals surface area contributed by atoms with Crippen LogP contribution in [0.3, 0.4) is 0 Å². The van der Waals surface area contributed by atoms with E-state index in [4.69, 9.17) is 0 Å². The van der Waals surface area contributed by atoms with Gasteiger partial charge >= 0.3 is 0 Å². The van der Waals surface area contributed by atoms with Crippen molar-refractivity contribution in [1.29, 1.82) is 0 Å². The summed E-state index contributed by atoms with van der Waals surface area (Å²) < 4.78 is 0. The Morgan fingerprint density at radius 3 is 2.57 bits per heavy atom. The van der Waals surface area contributed by atoms with Gasteiger partial charge in [-0.1, -0.05) is 19.9 Å². The van der Waals surface area contributed by atoms with Crippen LogP contribution in [-0.2, 0) is 12.8 Å². The van der Waals surface area contributed by atoms with E-state index in [-0.39, 0.29) is 5.91 Å². The minimum absolute atomic E-state index is 0.0129. The molecule has 1 N–H and O–H groups in total. The van der Waals surface area contributed by atoms with Crippen LogP contribution < -0.4 is 5.32 Å². The Hall–Kier alpha value is -1.35. The molecular formula is C18H28N2O. The highest BCUT2D eigenvalue weighted by molar-refractivity contribution is 5.94. The fourth-order valence-electron chi connectivity index (χ4n) is 3.39. The molecular weight excluding hydrogens is 260 g/mol. The van der Waals surface area contributed by atoms with E-state index in [0.717, 1.165) is 18.4 Å². The second-order valence-corrected chi connectivity index (χ2v) is 6.00. The molecule has 1 amide bonds. The van der Waals surface area contributed by atoms with Gasteiger partial charge in [-0.05, 0) is 68.5 Å². The van der Waals surface area contributed by atoms with Crippen molar-refractivity contribution in [3.05, 3.63) is 34.9 Å². The van der Waals surface area contributed by atoms with E-state index in [9.17, 15) is 4.79 Å².